The van der Waals surface area contributed by atoms with Crippen LogP contribution in [-0.4, -0.2) is 38.8 Å². The van der Waals surface area contributed by atoms with E-state index in [0.717, 1.165) is 31.4 Å². The van der Waals surface area contributed by atoms with E-state index in [4.69, 9.17) is 4.74 Å². The van der Waals surface area contributed by atoms with Gasteiger partial charge in [0.15, 0.2) is 6.04 Å². The van der Waals surface area contributed by atoms with E-state index in [1.54, 1.807) is 6.92 Å². The quantitative estimate of drug-likeness (QED) is 0.0898. The Kier molecular flexibility index (Phi) is 22.4. The summed E-state index contributed by atoms with van der Waals surface area (Å²) in [6, 6.07) is -0.813. The molecule has 38 heavy (non-hydrogen) atoms. The number of aliphatic hydroxyl groups is 1. The number of carbonyl (C=O) groups is 1. The maximum absolute atomic E-state index is 12.7. The van der Waals surface area contributed by atoms with E-state index >= 15 is 0 Å². The molecular formula is C32H61N3O3. The number of carbonyl (C=O) groups excluding carboxylic acids is 1. The lowest BCUT2D eigenvalue weighted by molar-refractivity contribution is -0.151. The van der Waals surface area contributed by atoms with Gasteiger partial charge in [0, 0.05) is 6.20 Å². The van der Waals surface area contributed by atoms with Gasteiger partial charge in [0.1, 0.15) is 0 Å². The highest BCUT2D eigenvalue weighted by Gasteiger charge is 2.31. The third-order valence-electron chi connectivity index (χ3n) is 7.63. The SMILES string of the molecule is CCCCCCCCCCCCCCC[C@H](O)[C@@H](C(=O)OCC)n1cc(CCCCCCCCCC)nn1. The van der Waals surface area contributed by atoms with Gasteiger partial charge in [-0.05, 0) is 26.2 Å². The molecule has 0 amide bonds. The van der Waals surface area contributed by atoms with Gasteiger partial charge >= 0.3 is 5.97 Å². The second kappa shape index (κ2) is 24.6. The second-order valence-electron chi connectivity index (χ2n) is 11.2. The van der Waals surface area contributed by atoms with Gasteiger partial charge < -0.3 is 9.84 Å². The Hall–Kier alpha value is -1.43. The molecule has 0 radical (unpaired) electrons. The molecule has 0 bridgehead atoms. The van der Waals surface area contributed by atoms with Crippen LogP contribution in [0.3, 0.4) is 0 Å². The molecule has 0 aromatic carbocycles. The molecular weight excluding hydrogens is 474 g/mol. The van der Waals surface area contributed by atoms with Crippen LogP contribution in [0.15, 0.2) is 6.20 Å². The first kappa shape index (κ1) is 34.6. The van der Waals surface area contributed by atoms with Gasteiger partial charge in [0.2, 0.25) is 0 Å². The van der Waals surface area contributed by atoms with Crippen LogP contribution in [0.2, 0.25) is 0 Å². The molecule has 0 saturated heterocycles. The fraction of sp³-hybridized carbons (Fsp3) is 0.906. The number of aliphatic hydroxyl groups excluding tert-OH is 1. The van der Waals surface area contributed by atoms with Crippen molar-refractivity contribution in [2.45, 2.75) is 181 Å². The Morgan fingerprint density at radius 3 is 1.66 bits per heavy atom. The lowest BCUT2D eigenvalue weighted by atomic mass is 10.0. The fourth-order valence-electron chi connectivity index (χ4n) is 5.20. The van der Waals surface area contributed by atoms with E-state index in [1.165, 1.54) is 120 Å². The number of esters is 1. The van der Waals surface area contributed by atoms with Crippen LogP contribution in [0.5, 0.6) is 0 Å². The molecule has 6 nitrogen and oxygen atoms in total. The monoisotopic (exact) mass is 535 g/mol. The molecule has 0 spiro atoms. The van der Waals surface area contributed by atoms with Crippen LogP contribution in [0.4, 0.5) is 0 Å². The van der Waals surface area contributed by atoms with E-state index in [1.807, 2.05) is 6.20 Å². The summed E-state index contributed by atoms with van der Waals surface area (Å²) in [4.78, 5) is 12.7. The number of hydrogen-bond donors (Lipinski definition) is 1. The normalized spacial score (nSPS) is 13.1. The summed E-state index contributed by atoms with van der Waals surface area (Å²) in [7, 11) is 0. The summed E-state index contributed by atoms with van der Waals surface area (Å²) < 4.78 is 6.81. The van der Waals surface area contributed by atoms with E-state index in [0.29, 0.717) is 13.0 Å². The Bertz CT molecular complexity index is 664. The number of aryl methyl sites for hydroxylation is 1. The van der Waals surface area contributed by atoms with Crippen molar-refractivity contribution < 1.29 is 14.6 Å². The highest BCUT2D eigenvalue weighted by atomic mass is 16.5. The van der Waals surface area contributed by atoms with Crippen LogP contribution in [0.25, 0.3) is 0 Å². The maximum Gasteiger partial charge on any atom is 0.333 e. The number of rotatable bonds is 27. The van der Waals surface area contributed by atoms with Crippen molar-refractivity contribution in [1.29, 1.82) is 0 Å². The Morgan fingerprint density at radius 1 is 0.737 bits per heavy atom. The van der Waals surface area contributed by atoms with Gasteiger partial charge in [-0.25, -0.2) is 9.48 Å². The topological polar surface area (TPSA) is 77.2 Å². The van der Waals surface area contributed by atoms with Crippen LogP contribution < -0.4 is 0 Å². The summed E-state index contributed by atoms with van der Waals surface area (Å²) in [5.41, 5.74) is 0.887. The summed E-state index contributed by atoms with van der Waals surface area (Å²) in [6.45, 7) is 6.60. The van der Waals surface area contributed by atoms with Gasteiger partial charge in [-0.15, -0.1) is 5.10 Å². The van der Waals surface area contributed by atoms with E-state index in [9.17, 15) is 9.90 Å². The largest absolute Gasteiger partial charge is 0.464 e. The van der Waals surface area contributed by atoms with Gasteiger partial charge in [-0.3, -0.25) is 0 Å². The first-order chi connectivity index (χ1) is 18.6. The maximum atomic E-state index is 12.7. The average Bonchev–Trinajstić information content (AvgIpc) is 3.36. The minimum atomic E-state index is -0.813. The Labute approximate surface area is 234 Å². The molecule has 1 heterocycles. The zero-order valence-corrected chi connectivity index (χ0v) is 25.3. The lowest BCUT2D eigenvalue weighted by Gasteiger charge is -2.21. The smallest absolute Gasteiger partial charge is 0.333 e. The highest BCUT2D eigenvalue weighted by Crippen LogP contribution is 2.21. The van der Waals surface area contributed by atoms with Crippen molar-refractivity contribution in [3.05, 3.63) is 11.9 Å². The molecule has 6 heteroatoms. The van der Waals surface area contributed by atoms with Crippen molar-refractivity contribution >= 4 is 5.97 Å². The van der Waals surface area contributed by atoms with Crippen molar-refractivity contribution in [3.8, 4) is 0 Å². The molecule has 2 atom stereocenters. The minimum absolute atomic E-state index is 0.292. The van der Waals surface area contributed by atoms with Crippen LogP contribution in [0, 0.1) is 0 Å². The molecule has 0 aliphatic heterocycles. The third-order valence-corrected chi connectivity index (χ3v) is 7.63. The van der Waals surface area contributed by atoms with E-state index < -0.39 is 18.1 Å². The molecule has 1 aromatic rings. The lowest BCUT2D eigenvalue weighted by Crippen LogP contribution is -2.33. The number of aromatic nitrogens is 3. The molecule has 222 valence electrons. The third kappa shape index (κ3) is 17.2. The minimum Gasteiger partial charge on any atom is -0.464 e. The number of unbranched alkanes of at least 4 members (excludes halogenated alkanes) is 19. The van der Waals surface area contributed by atoms with E-state index in [-0.39, 0.29) is 0 Å². The average molecular weight is 536 g/mol. The first-order valence-electron chi connectivity index (χ1n) is 16.4. The van der Waals surface area contributed by atoms with Gasteiger partial charge in [0.05, 0.1) is 18.4 Å². The van der Waals surface area contributed by atoms with E-state index in [2.05, 4.69) is 24.2 Å². The van der Waals surface area contributed by atoms with Crippen LogP contribution >= 0.6 is 0 Å². The van der Waals surface area contributed by atoms with Crippen molar-refractivity contribution in [3.63, 3.8) is 0 Å². The molecule has 1 aromatic heterocycles. The zero-order chi connectivity index (χ0) is 27.7. The second-order valence-corrected chi connectivity index (χ2v) is 11.2. The summed E-state index contributed by atoms with van der Waals surface area (Å²) >= 11 is 0. The predicted octanol–water partition coefficient (Wildman–Crippen LogP) is 8.91. The summed E-state index contributed by atoms with van der Waals surface area (Å²) in [5, 5.41) is 19.4. The highest BCUT2D eigenvalue weighted by molar-refractivity contribution is 5.74. The van der Waals surface area contributed by atoms with Crippen LogP contribution in [-0.2, 0) is 16.0 Å². The number of ether oxygens (including phenoxy) is 1. The molecule has 0 unspecified atom stereocenters. The van der Waals surface area contributed by atoms with Crippen molar-refractivity contribution in [2.75, 3.05) is 6.61 Å². The standard InChI is InChI=1S/C32H61N3O3/c1-4-7-9-11-13-15-16-17-18-19-21-23-25-27-30(36)31(32(37)38-6-3)35-28-29(33-34-35)26-24-22-20-14-12-10-8-5-2/h28,30-31,36H,4-27H2,1-3H3/t30-,31-/m0/s1. The number of nitrogens with zero attached hydrogens (tertiary/aromatic N) is 3. The fourth-order valence-corrected chi connectivity index (χ4v) is 5.20. The molecule has 0 fully saturated rings. The Morgan fingerprint density at radius 2 is 1.18 bits per heavy atom. The molecule has 0 aliphatic carbocycles. The Balaban J connectivity index is 2.28. The molecule has 1 N–H and O–H groups in total. The molecule has 0 saturated carbocycles. The zero-order valence-electron chi connectivity index (χ0n) is 25.3. The number of hydrogen-bond acceptors (Lipinski definition) is 5. The van der Waals surface area contributed by atoms with Crippen LogP contribution in [0.1, 0.15) is 174 Å². The van der Waals surface area contributed by atoms with Crippen molar-refractivity contribution in [2.24, 2.45) is 0 Å². The molecule has 1 rings (SSSR count). The summed E-state index contributed by atoms with van der Waals surface area (Å²) in [6.07, 6.45) is 29.4. The summed E-state index contributed by atoms with van der Waals surface area (Å²) in [5.74, 6) is -0.418. The van der Waals surface area contributed by atoms with Gasteiger partial charge in [-0.1, -0.05) is 147 Å². The first-order valence-corrected chi connectivity index (χ1v) is 16.4. The predicted molar refractivity (Wildman–Crippen MR) is 158 cm³/mol. The van der Waals surface area contributed by atoms with Gasteiger partial charge in [0.25, 0.3) is 0 Å². The van der Waals surface area contributed by atoms with Gasteiger partial charge in [-0.2, -0.15) is 0 Å². The van der Waals surface area contributed by atoms with Crippen molar-refractivity contribution in [1.82, 2.24) is 15.0 Å². The molecule has 0 aliphatic rings.